The predicted molar refractivity (Wildman–Crippen MR) is 109 cm³/mol. The number of carbonyl (C=O) groups is 1. The second-order valence-corrected chi connectivity index (χ2v) is 9.17. The van der Waals surface area contributed by atoms with E-state index in [1.807, 2.05) is 0 Å². The quantitative estimate of drug-likeness (QED) is 0.333. The van der Waals surface area contributed by atoms with Gasteiger partial charge in [0.2, 0.25) is 11.0 Å². The second kappa shape index (κ2) is 8.88. The van der Waals surface area contributed by atoms with Crippen molar-refractivity contribution in [2.24, 2.45) is 0 Å². The molecule has 0 aliphatic heterocycles. The van der Waals surface area contributed by atoms with E-state index >= 15 is 0 Å². The van der Waals surface area contributed by atoms with E-state index in [0.717, 1.165) is 33.1 Å². The number of aryl methyl sites for hydroxylation is 3. The first-order valence-corrected chi connectivity index (χ1v) is 11.2. The topological polar surface area (TPSA) is 80.7 Å². The molecule has 0 bridgehead atoms. The molecule has 0 aliphatic rings. The molecule has 1 amide bonds. The van der Waals surface area contributed by atoms with Gasteiger partial charge in [0.15, 0.2) is 0 Å². The molecular weight excluding hydrogens is 386 g/mol. The Labute approximate surface area is 164 Å². The second-order valence-electron chi connectivity index (χ2n) is 5.94. The average molecular weight is 408 g/mol. The number of fused-ring (bicyclic) bond motifs is 1. The number of carbonyl (C=O) groups excluding carboxylic acids is 1. The highest BCUT2D eigenvalue weighted by Gasteiger charge is 2.14. The lowest BCUT2D eigenvalue weighted by Gasteiger charge is -2.03. The number of unbranched alkanes of at least 4 members (excludes halogenated alkanes) is 2. The fourth-order valence-corrected chi connectivity index (χ4v) is 5.20. The Kier molecular flexibility index (Phi) is 6.55. The van der Waals surface area contributed by atoms with Gasteiger partial charge in [0.1, 0.15) is 21.2 Å². The van der Waals surface area contributed by atoms with Crippen LogP contribution in [0.2, 0.25) is 0 Å². The van der Waals surface area contributed by atoms with Crippen LogP contribution in [0.1, 0.15) is 41.6 Å². The number of nitrogens with zero attached hydrogens (tertiary/aromatic N) is 4. The molecular formula is C17H21N5OS3. The summed E-state index contributed by atoms with van der Waals surface area (Å²) >= 11 is 4.54. The van der Waals surface area contributed by atoms with Crippen LogP contribution in [0.4, 0.5) is 5.13 Å². The van der Waals surface area contributed by atoms with Crippen molar-refractivity contribution in [2.45, 2.75) is 51.5 Å². The van der Waals surface area contributed by atoms with Crippen molar-refractivity contribution >= 4 is 55.7 Å². The van der Waals surface area contributed by atoms with Crippen LogP contribution in [0.5, 0.6) is 0 Å². The molecule has 3 rings (SSSR count). The Balaban J connectivity index is 1.58. The smallest absolute Gasteiger partial charge is 0.236 e. The Bertz CT molecular complexity index is 905. The number of thioether (sulfide) groups is 1. The number of amides is 1. The summed E-state index contributed by atoms with van der Waals surface area (Å²) in [5, 5.41) is 14.5. The maximum atomic E-state index is 12.2. The first kappa shape index (κ1) is 19.2. The monoisotopic (exact) mass is 407 g/mol. The third kappa shape index (κ3) is 4.57. The fourth-order valence-electron chi connectivity index (χ4n) is 2.48. The summed E-state index contributed by atoms with van der Waals surface area (Å²) in [5.74, 6) is 0.188. The van der Waals surface area contributed by atoms with Crippen molar-refractivity contribution in [1.29, 1.82) is 0 Å². The molecule has 3 heterocycles. The summed E-state index contributed by atoms with van der Waals surface area (Å²) in [5.41, 5.74) is 1.19. The van der Waals surface area contributed by atoms with E-state index in [-0.39, 0.29) is 11.7 Å². The molecule has 0 radical (unpaired) electrons. The molecule has 0 saturated carbocycles. The van der Waals surface area contributed by atoms with E-state index in [1.54, 1.807) is 17.7 Å². The van der Waals surface area contributed by atoms with E-state index in [4.69, 9.17) is 0 Å². The molecule has 138 valence electrons. The Morgan fingerprint density at radius 1 is 1.19 bits per heavy atom. The number of hydrogen-bond donors (Lipinski definition) is 1. The van der Waals surface area contributed by atoms with Gasteiger partial charge in [0, 0.05) is 16.7 Å². The molecule has 26 heavy (non-hydrogen) atoms. The molecule has 1 N–H and O–H groups in total. The molecule has 0 fully saturated rings. The Morgan fingerprint density at radius 2 is 2.04 bits per heavy atom. The highest BCUT2D eigenvalue weighted by Crippen LogP contribution is 2.34. The molecule has 0 saturated heterocycles. The molecule has 0 spiro atoms. The van der Waals surface area contributed by atoms with Gasteiger partial charge in [-0.2, -0.15) is 0 Å². The minimum atomic E-state index is -0.0948. The summed E-state index contributed by atoms with van der Waals surface area (Å²) in [6.45, 7) is 6.33. The summed E-state index contributed by atoms with van der Waals surface area (Å²) in [6.07, 6.45) is 5.96. The minimum Gasteiger partial charge on any atom is -0.300 e. The minimum absolute atomic E-state index is 0.0948. The molecule has 0 aliphatic carbocycles. The third-order valence-corrected chi connectivity index (χ3v) is 6.98. The van der Waals surface area contributed by atoms with Crippen molar-refractivity contribution in [3.63, 3.8) is 0 Å². The number of nitrogens with one attached hydrogen (secondary N) is 1. The lowest BCUT2D eigenvalue weighted by Crippen LogP contribution is -2.14. The number of hydrogen-bond acceptors (Lipinski definition) is 8. The van der Waals surface area contributed by atoms with Gasteiger partial charge in [-0.15, -0.1) is 21.5 Å². The first-order valence-electron chi connectivity index (χ1n) is 8.54. The van der Waals surface area contributed by atoms with Gasteiger partial charge in [-0.1, -0.05) is 42.9 Å². The van der Waals surface area contributed by atoms with Crippen molar-refractivity contribution in [1.82, 2.24) is 20.2 Å². The summed E-state index contributed by atoms with van der Waals surface area (Å²) in [7, 11) is 0. The van der Waals surface area contributed by atoms with E-state index in [9.17, 15) is 4.79 Å². The van der Waals surface area contributed by atoms with Crippen LogP contribution in [0, 0.1) is 13.8 Å². The van der Waals surface area contributed by atoms with Crippen LogP contribution in [0.25, 0.3) is 10.2 Å². The van der Waals surface area contributed by atoms with Gasteiger partial charge in [-0.05, 0) is 25.8 Å². The standard InChI is InChI=1S/C17H21N5OS3/c1-4-5-6-7-13-21-22-17(26-13)20-12(23)8-24-15-14-10(2)11(3)25-16(14)19-9-18-15/h9H,4-8H2,1-3H3,(H,20,22,23). The van der Waals surface area contributed by atoms with Crippen LogP contribution in [0.15, 0.2) is 11.4 Å². The lowest BCUT2D eigenvalue weighted by molar-refractivity contribution is -0.113. The lowest BCUT2D eigenvalue weighted by atomic mass is 10.2. The van der Waals surface area contributed by atoms with Gasteiger partial charge >= 0.3 is 0 Å². The van der Waals surface area contributed by atoms with Crippen LogP contribution in [0.3, 0.4) is 0 Å². The molecule has 0 aromatic carbocycles. The van der Waals surface area contributed by atoms with Crippen LogP contribution < -0.4 is 5.32 Å². The molecule has 9 heteroatoms. The van der Waals surface area contributed by atoms with E-state index < -0.39 is 0 Å². The highest BCUT2D eigenvalue weighted by atomic mass is 32.2. The molecule has 6 nitrogen and oxygen atoms in total. The number of anilines is 1. The summed E-state index contributed by atoms with van der Waals surface area (Å²) in [6, 6.07) is 0. The van der Waals surface area contributed by atoms with Gasteiger partial charge in [0.05, 0.1) is 5.75 Å². The maximum Gasteiger partial charge on any atom is 0.236 e. The Morgan fingerprint density at radius 3 is 2.85 bits per heavy atom. The summed E-state index contributed by atoms with van der Waals surface area (Å²) < 4.78 is 0. The van der Waals surface area contributed by atoms with Crippen LogP contribution >= 0.6 is 34.4 Å². The van der Waals surface area contributed by atoms with Crippen molar-refractivity contribution in [2.75, 3.05) is 11.1 Å². The molecule has 0 unspecified atom stereocenters. The van der Waals surface area contributed by atoms with Crippen molar-refractivity contribution in [3.8, 4) is 0 Å². The maximum absolute atomic E-state index is 12.2. The number of thiophene rings is 1. The van der Waals surface area contributed by atoms with Gasteiger partial charge in [-0.3, -0.25) is 10.1 Å². The van der Waals surface area contributed by atoms with Gasteiger partial charge in [-0.25, -0.2) is 9.97 Å². The normalized spacial score (nSPS) is 11.2. The zero-order valence-corrected chi connectivity index (χ0v) is 17.5. The van der Waals surface area contributed by atoms with E-state index in [0.29, 0.717) is 5.13 Å². The molecule has 3 aromatic rings. The zero-order valence-electron chi connectivity index (χ0n) is 15.0. The predicted octanol–water partition coefficient (Wildman–Crippen LogP) is 4.62. The van der Waals surface area contributed by atoms with Crippen molar-refractivity contribution < 1.29 is 4.79 Å². The van der Waals surface area contributed by atoms with Gasteiger partial charge < -0.3 is 0 Å². The van der Waals surface area contributed by atoms with Crippen LogP contribution in [-0.4, -0.2) is 31.8 Å². The molecule has 0 atom stereocenters. The van der Waals surface area contributed by atoms with Crippen molar-refractivity contribution in [3.05, 3.63) is 21.8 Å². The Hall–Kier alpha value is -1.58. The molecule has 3 aromatic heterocycles. The van der Waals surface area contributed by atoms with Crippen LogP contribution in [-0.2, 0) is 11.2 Å². The average Bonchev–Trinajstić information content (AvgIpc) is 3.18. The zero-order chi connectivity index (χ0) is 18.5. The number of rotatable bonds is 8. The largest absolute Gasteiger partial charge is 0.300 e. The van der Waals surface area contributed by atoms with E-state index in [2.05, 4.69) is 46.3 Å². The van der Waals surface area contributed by atoms with E-state index in [1.165, 1.54) is 46.4 Å². The first-order chi connectivity index (χ1) is 12.6. The van der Waals surface area contributed by atoms with Gasteiger partial charge in [0.25, 0.3) is 0 Å². The fraction of sp³-hybridized carbons (Fsp3) is 0.471. The SMILES string of the molecule is CCCCCc1nnc(NC(=O)CSc2ncnc3sc(C)c(C)c23)s1. The summed E-state index contributed by atoms with van der Waals surface area (Å²) in [4.78, 5) is 23.1. The number of aromatic nitrogens is 4. The highest BCUT2D eigenvalue weighted by molar-refractivity contribution is 8.00. The third-order valence-electron chi connectivity index (χ3n) is 3.98.